The molecule has 0 saturated heterocycles. The molecule has 2 aromatic rings. The molecule has 0 aromatic heterocycles. The highest BCUT2D eigenvalue weighted by Crippen LogP contribution is 2.35. The number of para-hydroxylation sites is 1. The van der Waals surface area contributed by atoms with E-state index < -0.39 is 5.92 Å². The Balaban J connectivity index is 2.40. The molecule has 0 radical (unpaired) electrons. The van der Waals surface area contributed by atoms with Crippen molar-refractivity contribution in [3.63, 3.8) is 0 Å². The molecule has 0 spiro atoms. The standard InChI is InChI=1S/C20H24O6/c1-22-13-26-18-8-6-5-7-14(18)11-17(20(21)25-4)16-10-9-15(23-2)12-19(16)24-3/h5-10,12,17H,11,13H2,1-4H3. The minimum absolute atomic E-state index is 0.131. The molecule has 2 aromatic carbocycles. The maximum Gasteiger partial charge on any atom is 0.313 e. The summed E-state index contributed by atoms with van der Waals surface area (Å²) in [6.45, 7) is 0.131. The van der Waals surface area contributed by atoms with Crippen LogP contribution in [-0.2, 0) is 20.7 Å². The van der Waals surface area contributed by atoms with Crippen LogP contribution in [0.5, 0.6) is 17.2 Å². The third-order valence-electron chi connectivity index (χ3n) is 4.03. The van der Waals surface area contributed by atoms with Gasteiger partial charge in [-0.2, -0.15) is 0 Å². The summed E-state index contributed by atoms with van der Waals surface area (Å²) < 4.78 is 26.3. The maximum atomic E-state index is 12.5. The summed E-state index contributed by atoms with van der Waals surface area (Å²) in [5, 5.41) is 0. The van der Waals surface area contributed by atoms with Gasteiger partial charge in [0, 0.05) is 18.7 Å². The summed E-state index contributed by atoms with van der Waals surface area (Å²) in [5.74, 6) is 0.979. The van der Waals surface area contributed by atoms with Gasteiger partial charge in [0.2, 0.25) is 0 Å². The van der Waals surface area contributed by atoms with Gasteiger partial charge in [-0.15, -0.1) is 0 Å². The van der Waals surface area contributed by atoms with Gasteiger partial charge in [-0.25, -0.2) is 0 Å². The van der Waals surface area contributed by atoms with Crippen LogP contribution in [0.25, 0.3) is 0 Å². The van der Waals surface area contributed by atoms with Gasteiger partial charge in [-0.3, -0.25) is 4.79 Å². The van der Waals surface area contributed by atoms with Crippen molar-refractivity contribution in [1.82, 2.24) is 0 Å². The first-order valence-corrected chi connectivity index (χ1v) is 8.14. The lowest BCUT2D eigenvalue weighted by Crippen LogP contribution is -2.18. The Labute approximate surface area is 153 Å². The molecular weight excluding hydrogens is 336 g/mol. The second-order valence-electron chi connectivity index (χ2n) is 5.55. The third kappa shape index (κ3) is 4.67. The number of carbonyl (C=O) groups excluding carboxylic acids is 1. The first-order valence-electron chi connectivity index (χ1n) is 8.14. The molecule has 0 fully saturated rings. The van der Waals surface area contributed by atoms with Gasteiger partial charge in [0.25, 0.3) is 0 Å². The quantitative estimate of drug-likeness (QED) is 0.506. The number of benzene rings is 2. The van der Waals surface area contributed by atoms with Crippen LogP contribution in [0.2, 0.25) is 0 Å². The predicted octanol–water partition coefficient (Wildman–Crippen LogP) is 3.19. The molecule has 0 aliphatic carbocycles. The predicted molar refractivity (Wildman–Crippen MR) is 97.0 cm³/mol. The summed E-state index contributed by atoms with van der Waals surface area (Å²) in [7, 11) is 6.07. The van der Waals surface area contributed by atoms with E-state index in [-0.39, 0.29) is 12.8 Å². The number of hydrogen-bond donors (Lipinski definition) is 0. The van der Waals surface area contributed by atoms with Crippen LogP contribution in [0.15, 0.2) is 42.5 Å². The molecule has 0 saturated carbocycles. The van der Waals surface area contributed by atoms with Gasteiger partial charge in [-0.05, 0) is 24.1 Å². The molecule has 140 valence electrons. The van der Waals surface area contributed by atoms with Crippen molar-refractivity contribution in [2.75, 3.05) is 35.2 Å². The van der Waals surface area contributed by atoms with E-state index in [1.807, 2.05) is 30.3 Å². The minimum Gasteiger partial charge on any atom is -0.497 e. The number of esters is 1. The monoisotopic (exact) mass is 360 g/mol. The van der Waals surface area contributed by atoms with Gasteiger partial charge in [-0.1, -0.05) is 24.3 Å². The maximum absolute atomic E-state index is 12.5. The zero-order valence-electron chi connectivity index (χ0n) is 15.5. The van der Waals surface area contributed by atoms with E-state index in [1.165, 1.54) is 7.11 Å². The first-order chi connectivity index (χ1) is 12.6. The number of hydrogen-bond acceptors (Lipinski definition) is 6. The Hall–Kier alpha value is -2.73. The van der Waals surface area contributed by atoms with Crippen LogP contribution in [0.4, 0.5) is 0 Å². The van der Waals surface area contributed by atoms with Crippen LogP contribution in [0.1, 0.15) is 17.0 Å². The molecule has 1 atom stereocenters. The van der Waals surface area contributed by atoms with Crippen molar-refractivity contribution in [3.8, 4) is 17.2 Å². The molecule has 0 amide bonds. The van der Waals surface area contributed by atoms with E-state index in [9.17, 15) is 4.79 Å². The highest BCUT2D eigenvalue weighted by Gasteiger charge is 2.26. The summed E-state index contributed by atoms with van der Waals surface area (Å²) in [4.78, 5) is 12.5. The van der Waals surface area contributed by atoms with Crippen molar-refractivity contribution < 1.29 is 28.5 Å². The average Bonchev–Trinajstić information content (AvgIpc) is 2.70. The Bertz CT molecular complexity index is 728. The van der Waals surface area contributed by atoms with Gasteiger partial charge >= 0.3 is 5.97 Å². The molecule has 0 heterocycles. The van der Waals surface area contributed by atoms with Crippen LogP contribution >= 0.6 is 0 Å². The van der Waals surface area contributed by atoms with E-state index >= 15 is 0 Å². The number of ether oxygens (including phenoxy) is 5. The zero-order chi connectivity index (χ0) is 18.9. The van der Waals surface area contributed by atoms with Crippen molar-refractivity contribution in [2.24, 2.45) is 0 Å². The Morgan fingerprint density at radius 2 is 1.73 bits per heavy atom. The highest BCUT2D eigenvalue weighted by atomic mass is 16.7. The molecule has 6 nitrogen and oxygen atoms in total. The number of methoxy groups -OCH3 is 4. The fraction of sp³-hybridized carbons (Fsp3) is 0.350. The van der Waals surface area contributed by atoms with Crippen molar-refractivity contribution in [1.29, 1.82) is 0 Å². The summed E-state index contributed by atoms with van der Waals surface area (Å²) in [5.41, 5.74) is 1.60. The lowest BCUT2D eigenvalue weighted by Gasteiger charge is -2.20. The highest BCUT2D eigenvalue weighted by molar-refractivity contribution is 5.80. The number of carbonyl (C=O) groups is 1. The van der Waals surface area contributed by atoms with Crippen molar-refractivity contribution in [2.45, 2.75) is 12.3 Å². The van der Waals surface area contributed by atoms with E-state index in [1.54, 1.807) is 33.5 Å². The smallest absolute Gasteiger partial charge is 0.313 e. The lowest BCUT2D eigenvalue weighted by molar-refractivity contribution is -0.142. The molecule has 0 aliphatic rings. The van der Waals surface area contributed by atoms with E-state index in [2.05, 4.69) is 0 Å². The minimum atomic E-state index is -0.548. The summed E-state index contributed by atoms with van der Waals surface area (Å²) in [6.07, 6.45) is 0.398. The van der Waals surface area contributed by atoms with E-state index in [4.69, 9.17) is 23.7 Å². The normalized spacial score (nSPS) is 11.5. The van der Waals surface area contributed by atoms with Gasteiger partial charge in [0.1, 0.15) is 17.2 Å². The fourth-order valence-electron chi connectivity index (χ4n) is 2.72. The Kier molecular flexibility index (Phi) is 7.29. The lowest BCUT2D eigenvalue weighted by atomic mass is 9.90. The molecule has 1 unspecified atom stereocenters. The molecular formula is C20H24O6. The van der Waals surface area contributed by atoms with Gasteiger partial charge in [0.15, 0.2) is 6.79 Å². The van der Waals surface area contributed by atoms with Crippen LogP contribution < -0.4 is 14.2 Å². The molecule has 2 rings (SSSR count). The molecule has 6 heteroatoms. The zero-order valence-corrected chi connectivity index (χ0v) is 15.5. The second-order valence-corrected chi connectivity index (χ2v) is 5.55. The summed E-state index contributed by atoms with van der Waals surface area (Å²) in [6, 6.07) is 12.9. The first kappa shape index (κ1) is 19.6. The molecule has 0 aliphatic heterocycles. The average molecular weight is 360 g/mol. The second kappa shape index (κ2) is 9.68. The van der Waals surface area contributed by atoms with E-state index in [0.717, 1.165) is 11.1 Å². The van der Waals surface area contributed by atoms with E-state index in [0.29, 0.717) is 23.7 Å². The largest absolute Gasteiger partial charge is 0.497 e. The van der Waals surface area contributed by atoms with Gasteiger partial charge in [0.05, 0.1) is 27.2 Å². The van der Waals surface area contributed by atoms with Crippen LogP contribution in [-0.4, -0.2) is 41.2 Å². The summed E-state index contributed by atoms with van der Waals surface area (Å²) >= 11 is 0. The fourth-order valence-corrected chi connectivity index (χ4v) is 2.72. The van der Waals surface area contributed by atoms with Crippen molar-refractivity contribution >= 4 is 5.97 Å². The number of rotatable bonds is 9. The van der Waals surface area contributed by atoms with Gasteiger partial charge < -0.3 is 23.7 Å². The SMILES string of the molecule is COCOc1ccccc1CC(C(=O)OC)c1ccc(OC)cc1OC. The molecule has 0 bridgehead atoms. The topological polar surface area (TPSA) is 63.2 Å². The Morgan fingerprint density at radius 3 is 2.38 bits per heavy atom. The molecule has 26 heavy (non-hydrogen) atoms. The van der Waals surface area contributed by atoms with Crippen LogP contribution in [0.3, 0.4) is 0 Å². The third-order valence-corrected chi connectivity index (χ3v) is 4.03. The molecule has 0 N–H and O–H groups in total. The van der Waals surface area contributed by atoms with Crippen LogP contribution in [0, 0.1) is 0 Å². The Morgan fingerprint density at radius 1 is 0.962 bits per heavy atom. The van der Waals surface area contributed by atoms with Crippen molar-refractivity contribution in [3.05, 3.63) is 53.6 Å².